The zero-order valence-electron chi connectivity index (χ0n) is 7.34. The molecule has 11 heavy (non-hydrogen) atoms. The molecule has 3 nitrogen and oxygen atoms in total. The maximum atomic E-state index is 10.6. The third-order valence-electron chi connectivity index (χ3n) is 2.02. The van der Waals surface area contributed by atoms with Gasteiger partial charge in [-0.15, -0.1) is 0 Å². The highest BCUT2D eigenvalue weighted by Crippen LogP contribution is 2.46. The quantitative estimate of drug-likeness (QED) is 0.585. The molecule has 0 radical (unpaired) electrons. The molecule has 1 fully saturated rings. The molecule has 2 unspecified atom stereocenters. The summed E-state index contributed by atoms with van der Waals surface area (Å²) in [5, 5.41) is 8.72. The van der Waals surface area contributed by atoms with Crippen molar-refractivity contribution >= 4 is 5.97 Å². The van der Waals surface area contributed by atoms with Crippen LogP contribution < -0.4 is 0 Å². The van der Waals surface area contributed by atoms with Crippen molar-refractivity contribution in [2.75, 3.05) is 0 Å². The van der Waals surface area contributed by atoms with Crippen LogP contribution in [0.25, 0.3) is 0 Å². The van der Waals surface area contributed by atoms with Gasteiger partial charge in [0.15, 0.2) is 5.60 Å². The van der Waals surface area contributed by atoms with Gasteiger partial charge in [0.25, 0.3) is 0 Å². The van der Waals surface area contributed by atoms with E-state index < -0.39 is 11.6 Å². The summed E-state index contributed by atoms with van der Waals surface area (Å²) in [6.07, 6.45) is -0.146. The fourth-order valence-corrected chi connectivity index (χ4v) is 1.38. The van der Waals surface area contributed by atoms with E-state index in [1.807, 2.05) is 20.8 Å². The highest BCUT2D eigenvalue weighted by molar-refractivity contribution is 5.81. The Morgan fingerprint density at radius 1 is 1.55 bits per heavy atom. The van der Waals surface area contributed by atoms with Crippen LogP contribution in [0.1, 0.15) is 27.7 Å². The molecule has 3 heteroatoms. The average Bonchev–Trinajstić information content (AvgIpc) is 2.41. The first-order valence-corrected chi connectivity index (χ1v) is 3.69. The smallest absolute Gasteiger partial charge is 0.338 e. The van der Waals surface area contributed by atoms with Crippen molar-refractivity contribution < 1.29 is 14.6 Å². The zero-order valence-corrected chi connectivity index (χ0v) is 7.34. The molecular weight excluding hydrogens is 144 g/mol. The number of aliphatic carboxylic acids is 1. The molecule has 1 N–H and O–H groups in total. The summed E-state index contributed by atoms with van der Waals surface area (Å²) < 4.78 is 5.13. The molecule has 0 aromatic heterocycles. The van der Waals surface area contributed by atoms with Crippen LogP contribution in [0, 0.1) is 5.41 Å². The first-order chi connectivity index (χ1) is 4.78. The second kappa shape index (κ2) is 1.97. The highest BCUT2D eigenvalue weighted by atomic mass is 16.6. The lowest BCUT2D eigenvalue weighted by atomic mass is 9.85. The maximum absolute atomic E-state index is 10.6. The van der Waals surface area contributed by atoms with Gasteiger partial charge in [0.1, 0.15) is 6.10 Å². The van der Waals surface area contributed by atoms with Crippen LogP contribution in [0.2, 0.25) is 0 Å². The van der Waals surface area contributed by atoms with E-state index in [0.29, 0.717) is 0 Å². The summed E-state index contributed by atoms with van der Waals surface area (Å²) >= 11 is 0. The average molecular weight is 158 g/mol. The van der Waals surface area contributed by atoms with E-state index >= 15 is 0 Å². The van der Waals surface area contributed by atoms with E-state index in [9.17, 15) is 4.79 Å². The van der Waals surface area contributed by atoms with E-state index in [1.165, 1.54) is 0 Å². The lowest BCUT2D eigenvalue weighted by Gasteiger charge is -2.15. The standard InChI is InChI=1S/C8H14O3/c1-7(2,3)5-8(4,11-5)6(9)10/h5H,1-4H3,(H,9,10). The second-order valence-corrected chi connectivity index (χ2v) is 4.28. The Morgan fingerprint density at radius 2 is 2.00 bits per heavy atom. The molecule has 0 amide bonds. The number of hydrogen-bond donors (Lipinski definition) is 1. The lowest BCUT2D eigenvalue weighted by Crippen LogP contribution is -2.29. The number of ether oxygens (including phenoxy) is 1. The summed E-state index contributed by atoms with van der Waals surface area (Å²) in [7, 11) is 0. The number of hydrogen-bond acceptors (Lipinski definition) is 2. The Balaban J connectivity index is 2.68. The molecule has 0 spiro atoms. The van der Waals surface area contributed by atoms with Crippen LogP contribution in [-0.4, -0.2) is 22.8 Å². The lowest BCUT2D eigenvalue weighted by molar-refractivity contribution is -0.142. The topological polar surface area (TPSA) is 49.8 Å². The van der Waals surface area contributed by atoms with Crippen LogP contribution in [-0.2, 0) is 9.53 Å². The Hall–Kier alpha value is -0.570. The fraction of sp³-hybridized carbons (Fsp3) is 0.875. The molecule has 1 heterocycles. The predicted molar refractivity (Wildman–Crippen MR) is 40.4 cm³/mol. The Kier molecular flexibility index (Phi) is 1.53. The van der Waals surface area contributed by atoms with Crippen molar-refractivity contribution in [3.8, 4) is 0 Å². The van der Waals surface area contributed by atoms with E-state index in [-0.39, 0.29) is 11.5 Å². The zero-order chi connectivity index (χ0) is 8.86. The van der Waals surface area contributed by atoms with Gasteiger partial charge in [0.05, 0.1) is 0 Å². The van der Waals surface area contributed by atoms with Gasteiger partial charge in [-0.1, -0.05) is 20.8 Å². The maximum Gasteiger partial charge on any atom is 0.338 e. The van der Waals surface area contributed by atoms with Gasteiger partial charge in [0, 0.05) is 0 Å². The van der Waals surface area contributed by atoms with Gasteiger partial charge in [-0.05, 0) is 12.3 Å². The van der Waals surface area contributed by atoms with Crippen LogP contribution >= 0.6 is 0 Å². The van der Waals surface area contributed by atoms with Gasteiger partial charge in [-0.2, -0.15) is 0 Å². The Labute approximate surface area is 66.4 Å². The summed E-state index contributed by atoms with van der Waals surface area (Å²) in [6.45, 7) is 7.55. The summed E-state index contributed by atoms with van der Waals surface area (Å²) in [5.41, 5.74) is -1.01. The molecule has 0 aliphatic carbocycles. The van der Waals surface area contributed by atoms with Crippen LogP contribution in [0.3, 0.4) is 0 Å². The van der Waals surface area contributed by atoms with Crippen molar-refractivity contribution in [1.29, 1.82) is 0 Å². The molecule has 1 aliphatic heterocycles. The third kappa shape index (κ3) is 1.25. The molecule has 0 aromatic carbocycles. The van der Waals surface area contributed by atoms with Crippen molar-refractivity contribution in [2.45, 2.75) is 39.4 Å². The minimum Gasteiger partial charge on any atom is -0.479 e. The summed E-state index contributed by atoms with van der Waals surface area (Å²) in [4.78, 5) is 10.6. The first-order valence-electron chi connectivity index (χ1n) is 3.69. The largest absolute Gasteiger partial charge is 0.479 e. The number of rotatable bonds is 1. The molecule has 1 saturated heterocycles. The normalized spacial score (nSPS) is 36.9. The molecule has 1 aliphatic rings. The van der Waals surface area contributed by atoms with Crippen molar-refractivity contribution in [2.24, 2.45) is 5.41 Å². The van der Waals surface area contributed by atoms with E-state index in [4.69, 9.17) is 9.84 Å². The van der Waals surface area contributed by atoms with Gasteiger partial charge in [-0.25, -0.2) is 4.79 Å². The van der Waals surface area contributed by atoms with Crippen molar-refractivity contribution in [1.82, 2.24) is 0 Å². The van der Waals surface area contributed by atoms with Gasteiger partial charge in [-0.3, -0.25) is 0 Å². The molecule has 64 valence electrons. The number of carbonyl (C=O) groups is 1. The molecule has 1 rings (SSSR count). The number of carboxylic acids is 1. The molecular formula is C8H14O3. The Morgan fingerprint density at radius 3 is 2.09 bits per heavy atom. The minimum atomic E-state index is -0.932. The van der Waals surface area contributed by atoms with Crippen LogP contribution in [0.4, 0.5) is 0 Å². The summed E-state index contributed by atoms with van der Waals surface area (Å²) in [6, 6.07) is 0. The third-order valence-corrected chi connectivity index (χ3v) is 2.02. The fourth-order valence-electron chi connectivity index (χ4n) is 1.38. The molecule has 0 aromatic rings. The minimum absolute atomic E-state index is 0.0762. The van der Waals surface area contributed by atoms with Gasteiger partial charge >= 0.3 is 5.97 Å². The molecule has 2 atom stereocenters. The van der Waals surface area contributed by atoms with Gasteiger partial charge in [0.2, 0.25) is 0 Å². The van der Waals surface area contributed by atoms with Gasteiger partial charge < -0.3 is 9.84 Å². The Bertz CT molecular complexity index is 192. The molecule has 0 bridgehead atoms. The van der Waals surface area contributed by atoms with Crippen molar-refractivity contribution in [3.63, 3.8) is 0 Å². The van der Waals surface area contributed by atoms with E-state index in [0.717, 1.165) is 0 Å². The number of epoxide rings is 1. The van der Waals surface area contributed by atoms with Crippen molar-refractivity contribution in [3.05, 3.63) is 0 Å². The SMILES string of the molecule is CC(C)(C)C1OC1(C)C(=O)O. The van der Waals surface area contributed by atoms with E-state index in [1.54, 1.807) is 6.92 Å². The second-order valence-electron chi connectivity index (χ2n) is 4.28. The molecule has 0 saturated carbocycles. The number of carboxylic acid groups (broad SMARTS) is 1. The highest BCUT2D eigenvalue weighted by Gasteiger charge is 2.63. The predicted octanol–water partition coefficient (Wildman–Crippen LogP) is 1.27. The monoisotopic (exact) mass is 158 g/mol. The van der Waals surface area contributed by atoms with E-state index in [2.05, 4.69) is 0 Å². The van der Waals surface area contributed by atoms with Crippen LogP contribution in [0.5, 0.6) is 0 Å². The van der Waals surface area contributed by atoms with Crippen LogP contribution in [0.15, 0.2) is 0 Å². The summed E-state index contributed by atoms with van der Waals surface area (Å²) in [5.74, 6) is -0.863. The first kappa shape index (κ1) is 8.53.